The summed E-state index contributed by atoms with van der Waals surface area (Å²) >= 11 is 6.11. The number of benzene rings is 2. The van der Waals surface area contributed by atoms with E-state index in [9.17, 15) is 9.59 Å². The molecule has 0 aliphatic rings. The summed E-state index contributed by atoms with van der Waals surface area (Å²) in [7, 11) is 0. The van der Waals surface area contributed by atoms with Crippen LogP contribution in [0.3, 0.4) is 0 Å². The average molecular weight is 541 g/mol. The predicted octanol–water partition coefficient (Wildman–Crippen LogP) is 5.42. The first-order chi connectivity index (χ1) is 16.1. The Morgan fingerprint density at radius 3 is 2.52 bits per heavy atom. The Hall–Kier alpha value is -2.88. The number of anilines is 1. The Kier molecular flexibility index (Phi) is 7.64. The van der Waals surface area contributed by atoms with Gasteiger partial charge in [-0.2, -0.15) is 0 Å². The molecule has 168 valence electrons. The molecule has 2 aromatic carbocycles. The largest absolute Gasteiger partial charge is 0.354 e. The van der Waals surface area contributed by atoms with Crippen molar-refractivity contribution in [3.8, 4) is 0 Å². The van der Waals surface area contributed by atoms with Gasteiger partial charge in [0.2, 0.25) is 5.91 Å². The highest BCUT2D eigenvalue weighted by Crippen LogP contribution is 2.37. The fourth-order valence-electron chi connectivity index (χ4n) is 3.48. The minimum atomic E-state index is -0.853. The zero-order valence-corrected chi connectivity index (χ0v) is 21.0. The van der Waals surface area contributed by atoms with Crippen molar-refractivity contribution < 1.29 is 9.59 Å². The van der Waals surface area contributed by atoms with Crippen molar-refractivity contribution in [1.82, 2.24) is 14.9 Å². The number of para-hydroxylation sites is 1. The van der Waals surface area contributed by atoms with Crippen LogP contribution in [0, 0.1) is 6.92 Å². The number of amides is 2. The Labute approximate surface area is 208 Å². The smallest absolute Gasteiger partial charge is 0.280 e. The van der Waals surface area contributed by atoms with Crippen LogP contribution in [0.15, 0.2) is 75.9 Å². The van der Waals surface area contributed by atoms with Crippen molar-refractivity contribution in [1.29, 1.82) is 0 Å². The lowest BCUT2D eigenvalue weighted by atomic mass is 10.1. The van der Waals surface area contributed by atoms with Crippen LogP contribution in [0.2, 0.25) is 0 Å². The van der Waals surface area contributed by atoms with Gasteiger partial charge in [0.1, 0.15) is 0 Å². The van der Waals surface area contributed by atoms with Gasteiger partial charge in [0, 0.05) is 21.3 Å². The SMILES string of the molecule is Cc1ccsc1[C@@H](C(=O)NCCc1ccccc1)N(C(=O)c1csnn1)c1ccccc1Br. The quantitative estimate of drug-likeness (QED) is 0.324. The molecule has 33 heavy (non-hydrogen) atoms. The molecule has 0 radical (unpaired) electrons. The number of nitrogens with one attached hydrogen (secondary N) is 1. The molecule has 1 N–H and O–H groups in total. The molecule has 9 heteroatoms. The number of aromatic nitrogens is 2. The first-order valence-electron chi connectivity index (χ1n) is 10.3. The van der Waals surface area contributed by atoms with Gasteiger partial charge >= 0.3 is 0 Å². The van der Waals surface area contributed by atoms with Crippen LogP contribution < -0.4 is 10.2 Å². The summed E-state index contributed by atoms with van der Waals surface area (Å²) in [6, 6.07) is 18.4. The van der Waals surface area contributed by atoms with Crippen LogP contribution in [0.4, 0.5) is 5.69 Å². The normalized spacial score (nSPS) is 11.7. The van der Waals surface area contributed by atoms with E-state index in [1.807, 2.05) is 73.0 Å². The third-order valence-corrected chi connectivity index (χ3v) is 7.37. The zero-order chi connectivity index (χ0) is 23.2. The number of thiophene rings is 1. The van der Waals surface area contributed by atoms with Gasteiger partial charge in [0.25, 0.3) is 5.91 Å². The molecule has 4 aromatic rings. The molecular formula is C24H21BrN4O2S2. The molecule has 0 aliphatic heterocycles. The highest BCUT2D eigenvalue weighted by Gasteiger charge is 2.36. The van der Waals surface area contributed by atoms with E-state index in [1.165, 1.54) is 16.2 Å². The lowest BCUT2D eigenvalue weighted by Crippen LogP contribution is -2.44. The number of aryl methyl sites for hydroxylation is 1. The van der Waals surface area contributed by atoms with Gasteiger partial charge in [-0.15, -0.1) is 16.4 Å². The monoisotopic (exact) mass is 540 g/mol. The van der Waals surface area contributed by atoms with Crippen molar-refractivity contribution in [2.24, 2.45) is 0 Å². The van der Waals surface area contributed by atoms with Crippen LogP contribution in [0.25, 0.3) is 0 Å². The van der Waals surface area contributed by atoms with Gasteiger partial charge in [-0.05, 0) is 75.5 Å². The minimum absolute atomic E-state index is 0.201. The second-order valence-corrected chi connectivity index (χ2v) is 9.73. The summed E-state index contributed by atoms with van der Waals surface area (Å²) in [5.41, 5.74) is 2.87. The first-order valence-corrected chi connectivity index (χ1v) is 12.8. The fourth-order valence-corrected chi connectivity index (χ4v) is 5.40. The molecule has 0 unspecified atom stereocenters. The van der Waals surface area contributed by atoms with Crippen molar-refractivity contribution in [2.75, 3.05) is 11.4 Å². The number of carbonyl (C=O) groups is 2. The van der Waals surface area contributed by atoms with Gasteiger partial charge in [-0.3, -0.25) is 14.5 Å². The van der Waals surface area contributed by atoms with Gasteiger partial charge in [0.05, 0.1) is 5.69 Å². The number of nitrogens with zero attached hydrogens (tertiary/aromatic N) is 3. The lowest BCUT2D eigenvalue weighted by Gasteiger charge is -2.31. The molecule has 0 bridgehead atoms. The summed E-state index contributed by atoms with van der Waals surface area (Å²) in [6.07, 6.45) is 0.696. The van der Waals surface area contributed by atoms with E-state index >= 15 is 0 Å². The zero-order valence-electron chi connectivity index (χ0n) is 17.8. The second kappa shape index (κ2) is 10.8. The first kappa shape index (κ1) is 23.3. The van der Waals surface area contributed by atoms with E-state index in [0.29, 0.717) is 23.1 Å². The number of hydrogen-bond acceptors (Lipinski definition) is 6. The van der Waals surface area contributed by atoms with Crippen LogP contribution in [-0.4, -0.2) is 27.9 Å². The molecule has 0 aliphatic carbocycles. The van der Waals surface area contributed by atoms with E-state index in [2.05, 4.69) is 30.8 Å². The maximum atomic E-state index is 13.6. The Balaban J connectivity index is 1.71. The lowest BCUT2D eigenvalue weighted by molar-refractivity contribution is -0.122. The number of carbonyl (C=O) groups excluding carboxylic acids is 2. The second-order valence-electron chi connectivity index (χ2n) is 7.31. The van der Waals surface area contributed by atoms with Crippen molar-refractivity contribution in [3.05, 3.63) is 97.6 Å². The molecule has 0 saturated carbocycles. The maximum Gasteiger partial charge on any atom is 0.280 e. The molecule has 0 fully saturated rings. The number of halogens is 1. The summed E-state index contributed by atoms with van der Waals surface area (Å²) in [6.45, 7) is 2.41. The van der Waals surface area contributed by atoms with Gasteiger partial charge < -0.3 is 5.32 Å². The van der Waals surface area contributed by atoms with Crippen LogP contribution in [-0.2, 0) is 11.2 Å². The maximum absolute atomic E-state index is 13.6. The van der Waals surface area contributed by atoms with E-state index < -0.39 is 6.04 Å². The summed E-state index contributed by atoms with van der Waals surface area (Å²) in [5, 5.41) is 10.5. The van der Waals surface area contributed by atoms with Crippen molar-refractivity contribution >= 4 is 56.3 Å². The average Bonchev–Trinajstić information content (AvgIpc) is 3.51. The van der Waals surface area contributed by atoms with Crippen molar-refractivity contribution in [3.63, 3.8) is 0 Å². The standard InChI is InChI=1S/C24H21BrN4O2S2/c1-16-12-14-32-22(16)21(23(30)26-13-11-17-7-3-2-4-8-17)29(20-10-6-5-9-18(20)25)24(31)19-15-33-28-27-19/h2-10,12,14-15,21H,11,13H2,1H3,(H,26,30)/t21-/m0/s1. The molecule has 2 aromatic heterocycles. The topological polar surface area (TPSA) is 75.2 Å². The molecule has 0 spiro atoms. The van der Waals surface area contributed by atoms with E-state index in [0.717, 1.165) is 27.5 Å². The molecule has 4 rings (SSSR count). The molecule has 0 saturated heterocycles. The molecular weight excluding hydrogens is 520 g/mol. The highest BCUT2D eigenvalue weighted by molar-refractivity contribution is 9.10. The summed E-state index contributed by atoms with van der Waals surface area (Å²) in [5.74, 6) is -0.629. The number of rotatable bonds is 8. The van der Waals surface area contributed by atoms with Gasteiger partial charge in [-0.1, -0.05) is 47.0 Å². The molecule has 2 amide bonds. The third-order valence-electron chi connectivity index (χ3n) is 5.12. The number of hydrogen-bond donors (Lipinski definition) is 1. The van der Waals surface area contributed by atoms with Crippen LogP contribution >= 0.6 is 38.8 Å². The molecule has 1 atom stereocenters. The predicted molar refractivity (Wildman–Crippen MR) is 136 cm³/mol. The third kappa shape index (κ3) is 5.38. The molecule has 2 heterocycles. The van der Waals surface area contributed by atoms with E-state index in [4.69, 9.17) is 0 Å². The molecule has 6 nitrogen and oxygen atoms in total. The summed E-state index contributed by atoms with van der Waals surface area (Å²) < 4.78 is 4.55. The Morgan fingerprint density at radius 2 is 1.85 bits per heavy atom. The van der Waals surface area contributed by atoms with E-state index in [1.54, 1.807) is 5.38 Å². The van der Waals surface area contributed by atoms with Crippen LogP contribution in [0.1, 0.15) is 32.5 Å². The van der Waals surface area contributed by atoms with Gasteiger partial charge in [0.15, 0.2) is 11.7 Å². The van der Waals surface area contributed by atoms with Crippen LogP contribution in [0.5, 0.6) is 0 Å². The van der Waals surface area contributed by atoms with E-state index in [-0.39, 0.29) is 17.5 Å². The fraction of sp³-hybridized carbons (Fsp3) is 0.167. The van der Waals surface area contributed by atoms with Gasteiger partial charge in [-0.25, -0.2) is 0 Å². The minimum Gasteiger partial charge on any atom is -0.354 e. The summed E-state index contributed by atoms with van der Waals surface area (Å²) in [4.78, 5) is 29.6. The Morgan fingerprint density at radius 1 is 1.09 bits per heavy atom. The Bertz CT molecular complexity index is 1230. The van der Waals surface area contributed by atoms with Crippen molar-refractivity contribution in [2.45, 2.75) is 19.4 Å². The highest BCUT2D eigenvalue weighted by atomic mass is 79.9.